The Balaban J connectivity index is 2.09. The van der Waals surface area contributed by atoms with E-state index >= 15 is 0 Å². The number of aromatic nitrogens is 1. The lowest BCUT2D eigenvalue weighted by molar-refractivity contribution is 0.102. The molecule has 0 fully saturated rings. The first-order valence-electron chi connectivity index (χ1n) is 5.54. The fourth-order valence-electron chi connectivity index (χ4n) is 1.48. The Morgan fingerprint density at radius 1 is 1.22 bits per heavy atom. The molecule has 0 aliphatic carbocycles. The molecule has 0 bridgehead atoms. The lowest BCUT2D eigenvalue weighted by atomic mass is 10.2. The molecule has 2 aromatic rings. The molecule has 0 aliphatic heterocycles. The number of pyridine rings is 1. The fraction of sp³-hybridized carbons (Fsp3) is 0.0667. The fourth-order valence-corrected chi connectivity index (χ4v) is 1.48. The van der Waals surface area contributed by atoms with Crippen LogP contribution in [0.3, 0.4) is 0 Å². The highest BCUT2D eigenvalue weighted by Gasteiger charge is 2.04. The summed E-state index contributed by atoms with van der Waals surface area (Å²) in [4.78, 5) is 15.8. The van der Waals surface area contributed by atoms with Gasteiger partial charge in [0.25, 0.3) is 5.91 Å². The third kappa shape index (κ3) is 2.96. The van der Waals surface area contributed by atoms with Crippen LogP contribution in [0.4, 0.5) is 5.69 Å². The lowest BCUT2D eigenvalue weighted by Crippen LogP contribution is -2.11. The second-order valence-electron chi connectivity index (χ2n) is 3.65. The molecule has 1 N–H and O–H groups in total. The average molecular weight is 236 g/mol. The van der Waals surface area contributed by atoms with Crippen LogP contribution in [-0.2, 0) is 0 Å². The van der Waals surface area contributed by atoms with E-state index in [0.717, 1.165) is 11.3 Å². The molecule has 0 aliphatic rings. The van der Waals surface area contributed by atoms with E-state index in [2.05, 4.69) is 22.1 Å². The maximum Gasteiger partial charge on any atom is 0.257 e. The summed E-state index contributed by atoms with van der Waals surface area (Å²) in [6.07, 6.45) is 3.17. The number of carbonyl (C=O) groups is 1. The van der Waals surface area contributed by atoms with E-state index in [-0.39, 0.29) is 5.91 Å². The van der Waals surface area contributed by atoms with Crippen molar-refractivity contribution in [1.82, 2.24) is 4.98 Å². The number of benzene rings is 1. The zero-order valence-corrected chi connectivity index (χ0v) is 9.97. The van der Waals surface area contributed by atoms with Gasteiger partial charge in [-0.2, -0.15) is 0 Å². The maximum absolute atomic E-state index is 11.8. The maximum atomic E-state index is 11.8. The molecule has 3 heteroatoms. The number of amides is 1. The number of nitrogens with one attached hydrogen (secondary N) is 1. The molecule has 1 heterocycles. The van der Waals surface area contributed by atoms with Crippen molar-refractivity contribution < 1.29 is 4.79 Å². The van der Waals surface area contributed by atoms with Crippen molar-refractivity contribution in [3.8, 4) is 11.8 Å². The summed E-state index contributed by atoms with van der Waals surface area (Å²) in [5.41, 5.74) is 2.21. The Morgan fingerprint density at radius 3 is 2.61 bits per heavy atom. The highest BCUT2D eigenvalue weighted by atomic mass is 16.1. The molecule has 0 radical (unpaired) electrons. The van der Waals surface area contributed by atoms with E-state index in [4.69, 9.17) is 0 Å². The van der Waals surface area contributed by atoms with Crippen molar-refractivity contribution in [1.29, 1.82) is 0 Å². The molecule has 0 atom stereocenters. The van der Waals surface area contributed by atoms with E-state index in [0.29, 0.717) is 5.56 Å². The molecule has 0 unspecified atom stereocenters. The third-order valence-corrected chi connectivity index (χ3v) is 2.34. The van der Waals surface area contributed by atoms with Gasteiger partial charge >= 0.3 is 0 Å². The molecule has 18 heavy (non-hydrogen) atoms. The van der Waals surface area contributed by atoms with Crippen LogP contribution in [-0.4, -0.2) is 10.9 Å². The first-order valence-corrected chi connectivity index (χ1v) is 5.54. The van der Waals surface area contributed by atoms with Crippen LogP contribution in [0.1, 0.15) is 22.8 Å². The Bertz CT molecular complexity index is 592. The van der Waals surface area contributed by atoms with Gasteiger partial charge in [-0.3, -0.25) is 9.78 Å². The molecule has 1 aromatic carbocycles. The van der Waals surface area contributed by atoms with E-state index in [9.17, 15) is 4.79 Å². The SMILES string of the molecule is CC#Cc1ccc(NC(=O)c2cccnc2)cc1. The van der Waals surface area contributed by atoms with E-state index in [1.807, 2.05) is 24.3 Å². The summed E-state index contributed by atoms with van der Waals surface area (Å²) in [6, 6.07) is 10.8. The topological polar surface area (TPSA) is 42.0 Å². The van der Waals surface area contributed by atoms with Crippen LogP contribution in [0.2, 0.25) is 0 Å². The average Bonchev–Trinajstić information content (AvgIpc) is 2.42. The van der Waals surface area contributed by atoms with Crippen molar-refractivity contribution in [2.24, 2.45) is 0 Å². The quantitative estimate of drug-likeness (QED) is 0.814. The van der Waals surface area contributed by atoms with Gasteiger partial charge in [0.2, 0.25) is 0 Å². The normalized spacial score (nSPS) is 9.17. The molecule has 2 rings (SSSR count). The van der Waals surface area contributed by atoms with Gasteiger partial charge in [-0.15, -0.1) is 5.92 Å². The molecule has 1 amide bonds. The van der Waals surface area contributed by atoms with Crippen LogP contribution in [0.25, 0.3) is 0 Å². The van der Waals surface area contributed by atoms with Crippen LogP contribution in [0.5, 0.6) is 0 Å². The van der Waals surface area contributed by atoms with Gasteiger partial charge in [0.05, 0.1) is 5.56 Å². The van der Waals surface area contributed by atoms with Crippen molar-refractivity contribution in [3.63, 3.8) is 0 Å². The second kappa shape index (κ2) is 5.65. The van der Waals surface area contributed by atoms with Gasteiger partial charge in [0.1, 0.15) is 0 Å². The zero-order valence-electron chi connectivity index (χ0n) is 9.97. The number of rotatable bonds is 2. The van der Waals surface area contributed by atoms with Crippen LogP contribution in [0.15, 0.2) is 48.8 Å². The van der Waals surface area contributed by atoms with Crippen LogP contribution >= 0.6 is 0 Å². The molecular formula is C15H12N2O. The highest BCUT2D eigenvalue weighted by Crippen LogP contribution is 2.10. The minimum Gasteiger partial charge on any atom is -0.322 e. The summed E-state index contributed by atoms with van der Waals surface area (Å²) >= 11 is 0. The molecule has 0 spiro atoms. The Kier molecular flexibility index (Phi) is 3.72. The molecule has 0 saturated carbocycles. The minimum atomic E-state index is -0.169. The highest BCUT2D eigenvalue weighted by molar-refractivity contribution is 6.04. The predicted molar refractivity (Wildman–Crippen MR) is 71.2 cm³/mol. The summed E-state index contributed by atoms with van der Waals surface area (Å²) in [7, 11) is 0. The summed E-state index contributed by atoms with van der Waals surface area (Å²) in [5.74, 6) is 5.60. The van der Waals surface area contributed by atoms with Crippen molar-refractivity contribution in [2.75, 3.05) is 5.32 Å². The number of carbonyl (C=O) groups excluding carboxylic acids is 1. The van der Waals surface area contributed by atoms with E-state index in [1.54, 1.807) is 25.3 Å². The zero-order chi connectivity index (χ0) is 12.8. The van der Waals surface area contributed by atoms with Crippen molar-refractivity contribution in [3.05, 3.63) is 59.9 Å². The van der Waals surface area contributed by atoms with Gasteiger partial charge in [-0.05, 0) is 43.3 Å². The summed E-state index contributed by atoms with van der Waals surface area (Å²) in [5, 5.41) is 2.80. The van der Waals surface area contributed by atoms with Gasteiger partial charge < -0.3 is 5.32 Å². The standard InChI is InChI=1S/C15H12N2O/c1-2-4-12-6-8-14(9-7-12)17-15(18)13-5-3-10-16-11-13/h3,5-11H,1H3,(H,17,18). The Labute approximate surface area is 106 Å². The number of hydrogen-bond acceptors (Lipinski definition) is 2. The lowest BCUT2D eigenvalue weighted by Gasteiger charge is -2.04. The van der Waals surface area contributed by atoms with Gasteiger partial charge in [-0.1, -0.05) is 5.92 Å². The second-order valence-corrected chi connectivity index (χ2v) is 3.65. The van der Waals surface area contributed by atoms with Gasteiger partial charge in [0, 0.05) is 23.6 Å². The molecule has 0 saturated heterocycles. The van der Waals surface area contributed by atoms with E-state index in [1.165, 1.54) is 6.20 Å². The van der Waals surface area contributed by atoms with Crippen molar-refractivity contribution >= 4 is 11.6 Å². The Morgan fingerprint density at radius 2 is 2.00 bits per heavy atom. The minimum absolute atomic E-state index is 0.169. The predicted octanol–water partition coefficient (Wildman–Crippen LogP) is 2.71. The molecule has 3 nitrogen and oxygen atoms in total. The number of nitrogens with zero attached hydrogens (tertiary/aromatic N) is 1. The first-order chi connectivity index (χ1) is 8.79. The summed E-state index contributed by atoms with van der Waals surface area (Å²) in [6.45, 7) is 1.79. The summed E-state index contributed by atoms with van der Waals surface area (Å²) < 4.78 is 0. The first kappa shape index (κ1) is 11.9. The largest absolute Gasteiger partial charge is 0.322 e. The smallest absolute Gasteiger partial charge is 0.257 e. The van der Waals surface area contributed by atoms with E-state index < -0.39 is 0 Å². The van der Waals surface area contributed by atoms with Crippen LogP contribution in [0, 0.1) is 11.8 Å². The van der Waals surface area contributed by atoms with Gasteiger partial charge in [0.15, 0.2) is 0 Å². The molecule has 1 aromatic heterocycles. The number of anilines is 1. The van der Waals surface area contributed by atoms with Gasteiger partial charge in [-0.25, -0.2) is 0 Å². The van der Waals surface area contributed by atoms with Crippen LogP contribution < -0.4 is 5.32 Å². The Hall–Kier alpha value is -2.60. The van der Waals surface area contributed by atoms with Crippen molar-refractivity contribution in [2.45, 2.75) is 6.92 Å². The monoisotopic (exact) mass is 236 g/mol. The number of hydrogen-bond donors (Lipinski definition) is 1. The molecular weight excluding hydrogens is 224 g/mol. The molecule has 88 valence electrons. The third-order valence-electron chi connectivity index (χ3n) is 2.34.